The van der Waals surface area contributed by atoms with E-state index in [1.807, 2.05) is 0 Å². The topological polar surface area (TPSA) is 103 Å². The molecule has 0 spiro atoms. The molecule has 0 heterocycles. The first-order valence-electron chi connectivity index (χ1n) is 4.83. The summed E-state index contributed by atoms with van der Waals surface area (Å²) in [7, 11) is 0. The molecule has 0 bridgehead atoms. The Hall–Kier alpha value is -2.31. The predicted octanol–water partition coefficient (Wildman–Crippen LogP) is 2.02. The molecule has 17 heavy (non-hydrogen) atoms. The van der Waals surface area contributed by atoms with Crippen molar-refractivity contribution in [3.8, 4) is 0 Å². The molecule has 90 valence electrons. The molecule has 7 nitrogen and oxygen atoms in total. The maximum absolute atomic E-state index is 10.8. The van der Waals surface area contributed by atoms with Crippen LogP contribution < -0.4 is 0 Å². The van der Waals surface area contributed by atoms with E-state index in [9.17, 15) is 25.0 Å². The number of nitro benzene ring substituents is 2. The van der Waals surface area contributed by atoms with Crippen LogP contribution in [0.3, 0.4) is 0 Å². The van der Waals surface area contributed by atoms with Crippen LogP contribution in [0.5, 0.6) is 0 Å². The van der Waals surface area contributed by atoms with E-state index in [0.29, 0.717) is 5.56 Å². The smallest absolute Gasteiger partial charge is 0.279 e. The first kappa shape index (κ1) is 12.8. The SMILES string of the molecule is CC(=O)CCc1ccc([N+](=O)[O-])cc1[N+](=O)[O-]. The van der Waals surface area contributed by atoms with Gasteiger partial charge >= 0.3 is 0 Å². The highest BCUT2D eigenvalue weighted by Crippen LogP contribution is 2.25. The molecule has 0 saturated heterocycles. The van der Waals surface area contributed by atoms with Crippen molar-refractivity contribution in [1.29, 1.82) is 0 Å². The summed E-state index contributed by atoms with van der Waals surface area (Å²) in [6.45, 7) is 1.39. The third-order valence-electron chi connectivity index (χ3n) is 2.22. The van der Waals surface area contributed by atoms with Gasteiger partial charge in [0.15, 0.2) is 0 Å². The molecule has 0 N–H and O–H groups in total. The Morgan fingerprint density at radius 1 is 1.24 bits per heavy atom. The number of carbonyl (C=O) groups is 1. The van der Waals surface area contributed by atoms with Crippen LogP contribution in [0.15, 0.2) is 18.2 Å². The van der Waals surface area contributed by atoms with Crippen LogP contribution in [0.2, 0.25) is 0 Å². The highest BCUT2D eigenvalue weighted by Gasteiger charge is 2.19. The molecule has 0 aromatic heterocycles. The fourth-order valence-electron chi connectivity index (χ4n) is 1.36. The fourth-order valence-corrected chi connectivity index (χ4v) is 1.36. The van der Waals surface area contributed by atoms with Gasteiger partial charge in [-0.1, -0.05) is 0 Å². The largest absolute Gasteiger partial charge is 0.300 e. The van der Waals surface area contributed by atoms with Gasteiger partial charge in [-0.25, -0.2) is 0 Å². The maximum atomic E-state index is 10.8. The van der Waals surface area contributed by atoms with Crippen LogP contribution >= 0.6 is 0 Å². The minimum atomic E-state index is -0.693. The molecule has 0 atom stereocenters. The first-order valence-corrected chi connectivity index (χ1v) is 4.83. The average molecular weight is 238 g/mol. The highest BCUT2D eigenvalue weighted by atomic mass is 16.6. The van der Waals surface area contributed by atoms with E-state index >= 15 is 0 Å². The Morgan fingerprint density at radius 2 is 1.88 bits per heavy atom. The Labute approximate surface area is 96.4 Å². The van der Waals surface area contributed by atoms with Crippen molar-refractivity contribution in [2.24, 2.45) is 0 Å². The van der Waals surface area contributed by atoms with Crippen LogP contribution in [-0.4, -0.2) is 15.6 Å². The number of non-ortho nitro benzene ring substituents is 1. The summed E-state index contributed by atoms with van der Waals surface area (Å²) in [6, 6.07) is 3.43. The first-order chi connectivity index (χ1) is 7.91. The van der Waals surface area contributed by atoms with E-state index in [0.717, 1.165) is 6.07 Å². The maximum Gasteiger partial charge on any atom is 0.279 e. The van der Waals surface area contributed by atoms with E-state index in [1.54, 1.807) is 0 Å². The van der Waals surface area contributed by atoms with Crippen molar-refractivity contribution >= 4 is 17.2 Å². The number of Topliss-reactive ketones (excluding diaryl/α,β-unsaturated/α-hetero) is 1. The Balaban J connectivity index is 3.08. The van der Waals surface area contributed by atoms with Crippen molar-refractivity contribution in [2.75, 3.05) is 0 Å². The molecular weight excluding hydrogens is 228 g/mol. The number of aryl methyl sites for hydroxylation is 1. The third-order valence-corrected chi connectivity index (χ3v) is 2.22. The van der Waals surface area contributed by atoms with Gasteiger partial charge in [-0.3, -0.25) is 20.2 Å². The van der Waals surface area contributed by atoms with Gasteiger partial charge in [0.05, 0.1) is 15.9 Å². The quantitative estimate of drug-likeness (QED) is 0.576. The molecule has 1 aromatic rings. The van der Waals surface area contributed by atoms with Crippen LogP contribution in [0.25, 0.3) is 0 Å². The van der Waals surface area contributed by atoms with Gasteiger partial charge in [-0.2, -0.15) is 0 Å². The zero-order chi connectivity index (χ0) is 13.0. The van der Waals surface area contributed by atoms with Crippen LogP contribution in [0, 0.1) is 20.2 Å². The summed E-state index contributed by atoms with van der Waals surface area (Å²) >= 11 is 0. The standard InChI is InChI=1S/C10H10N2O5/c1-7(13)2-3-8-4-5-9(11(14)15)6-10(8)12(16)17/h4-6H,2-3H2,1H3. The number of ketones is 1. The van der Waals surface area contributed by atoms with Crippen LogP contribution in [0.4, 0.5) is 11.4 Å². The van der Waals surface area contributed by atoms with Gasteiger partial charge in [0, 0.05) is 18.1 Å². The number of carbonyl (C=O) groups excluding carboxylic acids is 1. The van der Waals surface area contributed by atoms with Crippen molar-refractivity contribution < 1.29 is 14.6 Å². The van der Waals surface area contributed by atoms with Crippen LogP contribution in [0.1, 0.15) is 18.9 Å². The Bertz CT molecular complexity index is 484. The normalized spacial score (nSPS) is 9.94. The molecule has 0 aliphatic rings. The minimum Gasteiger partial charge on any atom is -0.300 e. The molecular formula is C10H10N2O5. The van der Waals surface area contributed by atoms with Crippen molar-refractivity contribution in [3.63, 3.8) is 0 Å². The molecule has 1 rings (SSSR count). The molecule has 0 aliphatic carbocycles. The highest BCUT2D eigenvalue weighted by molar-refractivity contribution is 5.75. The van der Waals surface area contributed by atoms with E-state index in [1.165, 1.54) is 19.1 Å². The average Bonchev–Trinajstić information content (AvgIpc) is 2.25. The number of hydrogen-bond acceptors (Lipinski definition) is 5. The molecule has 0 unspecified atom stereocenters. The zero-order valence-corrected chi connectivity index (χ0v) is 9.08. The predicted molar refractivity (Wildman–Crippen MR) is 58.8 cm³/mol. The van der Waals surface area contributed by atoms with E-state index < -0.39 is 9.85 Å². The van der Waals surface area contributed by atoms with Gasteiger partial charge < -0.3 is 4.79 Å². The molecule has 1 aromatic carbocycles. The number of benzene rings is 1. The molecule has 0 saturated carbocycles. The van der Waals surface area contributed by atoms with Crippen molar-refractivity contribution in [2.45, 2.75) is 19.8 Å². The summed E-state index contributed by atoms with van der Waals surface area (Å²) < 4.78 is 0. The van der Waals surface area contributed by atoms with E-state index in [4.69, 9.17) is 0 Å². The summed E-state index contributed by atoms with van der Waals surface area (Å²) in [6.07, 6.45) is 0.391. The summed E-state index contributed by atoms with van der Waals surface area (Å²) in [5, 5.41) is 21.2. The summed E-state index contributed by atoms with van der Waals surface area (Å²) in [5.41, 5.74) is -0.320. The van der Waals surface area contributed by atoms with Crippen LogP contribution in [-0.2, 0) is 11.2 Å². The Morgan fingerprint density at radius 3 is 2.35 bits per heavy atom. The number of nitro groups is 2. The van der Waals surface area contributed by atoms with Gasteiger partial charge in [0.25, 0.3) is 11.4 Å². The monoisotopic (exact) mass is 238 g/mol. The van der Waals surface area contributed by atoms with E-state index in [2.05, 4.69) is 0 Å². The number of hydrogen-bond donors (Lipinski definition) is 0. The van der Waals surface area contributed by atoms with Gasteiger partial charge in [-0.05, 0) is 19.4 Å². The lowest BCUT2D eigenvalue weighted by molar-refractivity contribution is -0.394. The lowest BCUT2D eigenvalue weighted by Gasteiger charge is -2.01. The molecule has 0 amide bonds. The lowest BCUT2D eigenvalue weighted by Crippen LogP contribution is -2.00. The van der Waals surface area contributed by atoms with Crippen molar-refractivity contribution in [3.05, 3.63) is 44.0 Å². The van der Waals surface area contributed by atoms with Crippen molar-refractivity contribution in [1.82, 2.24) is 0 Å². The fraction of sp³-hybridized carbons (Fsp3) is 0.300. The minimum absolute atomic E-state index is 0.0855. The molecule has 0 aliphatic heterocycles. The second-order valence-electron chi connectivity index (χ2n) is 3.53. The second kappa shape index (κ2) is 5.15. The summed E-state index contributed by atoms with van der Waals surface area (Å²) in [5.74, 6) is -0.0855. The second-order valence-corrected chi connectivity index (χ2v) is 3.53. The molecule has 7 heteroatoms. The lowest BCUT2D eigenvalue weighted by atomic mass is 10.1. The third kappa shape index (κ3) is 3.33. The summed E-state index contributed by atoms with van der Waals surface area (Å²) in [4.78, 5) is 30.6. The van der Waals surface area contributed by atoms with Gasteiger partial charge in [0.1, 0.15) is 5.78 Å². The van der Waals surface area contributed by atoms with E-state index in [-0.39, 0.29) is 30.0 Å². The molecule has 0 radical (unpaired) electrons. The Kier molecular flexibility index (Phi) is 3.86. The van der Waals surface area contributed by atoms with Gasteiger partial charge in [-0.15, -0.1) is 0 Å². The molecule has 0 fully saturated rings. The zero-order valence-electron chi connectivity index (χ0n) is 9.08. The van der Waals surface area contributed by atoms with Gasteiger partial charge in [0.2, 0.25) is 0 Å². The number of rotatable bonds is 5. The number of nitrogens with zero attached hydrogens (tertiary/aromatic N) is 2.